The van der Waals surface area contributed by atoms with Crippen LogP contribution in [0.25, 0.3) is 0 Å². The molecule has 19 atom stereocenters. The van der Waals surface area contributed by atoms with Crippen LogP contribution in [0.15, 0.2) is 85.1 Å². The molecule has 2 saturated heterocycles. The summed E-state index contributed by atoms with van der Waals surface area (Å²) in [6.45, 7) is 11.8. The van der Waals surface area contributed by atoms with Crippen LogP contribution in [0.1, 0.15) is 105 Å². The van der Waals surface area contributed by atoms with E-state index in [1.165, 1.54) is 6.92 Å². The Morgan fingerprint density at radius 3 is 1.38 bits per heavy atom. The van der Waals surface area contributed by atoms with Gasteiger partial charge < -0.3 is 155 Å². The van der Waals surface area contributed by atoms with Gasteiger partial charge in [-0.1, -0.05) is 119 Å². The Morgan fingerprint density at radius 1 is 0.458 bits per heavy atom. The van der Waals surface area contributed by atoms with Crippen LogP contribution in [0.2, 0.25) is 0 Å². The number of cyclic esters (lactones) is 1. The lowest BCUT2D eigenvalue weighted by Crippen LogP contribution is -2.64. The number of nitrogens with two attached hydrogens (primary N) is 1. The SMILES string of the molecule is CCCCCNC(=O)[C@H]1[C@@H]2C[C@@H](O[C@@H]3O[C@H](C)[C@@H](O)[C@H](NC(=O)COCCOCCNC(=O)COCCOCCNC(=O)COCCOCCNC(=O)COCCOCCNC(=O)COCCOCCN)[C@@H]3O)/C=C/C=C/C=C/C=C/C=C/C=C/C=C/[C@H](C)[C@@H](O)[C@H](C)[C@@H](C)OC(=O)C[C@H](O)C[C@H](O)CC[C@@H](O)[C@H](O)C[C@H](O)C[C@](O)(C[C@@H]1O)O2. The van der Waals surface area contributed by atoms with E-state index in [1.807, 2.05) is 19.9 Å². The number of allylic oxidation sites excluding steroid dienone is 12. The summed E-state index contributed by atoms with van der Waals surface area (Å²) in [6.07, 6.45) is 4.45. The van der Waals surface area contributed by atoms with Gasteiger partial charge in [0.05, 0.1) is 179 Å². The molecule has 18 N–H and O–H groups in total. The van der Waals surface area contributed by atoms with Gasteiger partial charge in [0.15, 0.2) is 12.1 Å². The summed E-state index contributed by atoms with van der Waals surface area (Å²) in [5, 5.41) is 129. The molecule has 0 aromatic heterocycles. The molecular formula is C82H139N7O31. The van der Waals surface area contributed by atoms with Crippen molar-refractivity contribution in [1.82, 2.24) is 31.9 Å². The highest BCUT2D eigenvalue weighted by Gasteiger charge is 2.51. The van der Waals surface area contributed by atoms with Crippen LogP contribution < -0.4 is 37.6 Å². The van der Waals surface area contributed by atoms with Gasteiger partial charge in [0.25, 0.3) is 0 Å². The van der Waals surface area contributed by atoms with Gasteiger partial charge in [-0.15, -0.1) is 0 Å². The van der Waals surface area contributed by atoms with E-state index >= 15 is 0 Å². The minimum Gasteiger partial charge on any atom is -0.462 e. The van der Waals surface area contributed by atoms with Gasteiger partial charge in [0, 0.05) is 76.8 Å². The molecule has 38 heteroatoms. The normalized spacial score (nSPS) is 29.8. The minimum absolute atomic E-state index is 0.0209. The number of aliphatic hydroxyl groups excluding tert-OH is 9. The molecule has 0 aromatic carbocycles. The summed E-state index contributed by atoms with van der Waals surface area (Å²) in [6, 6.07) is -1.39. The van der Waals surface area contributed by atoms with Crippen LogP contribution in [0.3, 0.4) is 0 Å². The van der Waals surface area contributed by atoms with Gasteiger partial charge in [-0.2, -0.15) is 0 Å². The molecule has 688 valence electrons. The zero-order chi connectivity index (χ0) is 88.1. The fourth-order valence-electron chi connectivity index (χ4n) is 12.3. The monoisotopic (exact) mass is 1720 g/mol. The lowest BCUT2D eigenvalue weighted by atomic mass is 9.82. The molecule has 0 unspecified atom stereocenters. The molecule has 3 aliphatic rings. The zero-order valence-corrected chi connectivity index (χ0v) is 70.3. The first-order valence-electron chi connectivity index (χ1n) is 41.5. The van der Waals surface area contributed by atoms with Crippen molar-refractivity contribution in [1.29, 1.82) is 0 Å². The van der Waals surface area contributed by atoms with Crippen LogP contribution in [0, 0.1) is 17.8 Å². The number of rotatable bonds is 47. The van der Waals surface area contributed by atoms with Gasteiger partial charge in [0.2, 0.25) is 35.4 Å². The number of esters is 1. The highest BCUT2D eigenvalue weighted by atomic mass is 16.7. The maximum Gasteiger partial charge on any atom is 0.308 e. The lowest BCUT2D eigenvalue weighted by molar-refractivity contribution is -0.307. The van der Waals surface area contributed by atoms with Gasteiger partial charge in [-0.05, 0) is 39.5 Å². The number of aliphatic hydroxyl groups is 10. The lowest BCUT2D eigenvalue weighted by Gasteiger charge is -2.46. The zero-order valence-electron chi connectivity index (χ0n) is 70.3. The predicted octanol–water partition coefficient (Wildman–Crippen LogP) is -2.32. The molecule has 0 spiro atoms. The number of carbonyl (C=O) groups is 7. The van der Waals surface area contributed by atoms with Crippen molar-refractivity contribution in [2.45, 2.75) is 203 Å². The van der Waals surface area contributed by atoms with Crippen molar-refractivity contribution < 1.29 is 151 Å². The van der Waals surface area contributed by atoms with Crippen LogP contribution in [-0.4, -0.2) is 361 Å². The smallest absolute Gasteiger partial charge is 0.308 e. The summed E-state index contributed by atoms with van der Waals surface area (Å²) < 4.78 is 77.8. The number of hydrogen-bond donors (Lipinski definition) is 17. The van der Waals surface area contributed by atoms with E-state index in [2.05, 4.69) is 31.9 Å². The topological polar surface area (TPSA) is 549 Å². The summed E-state index contributed by atoms with van der Waals surface area (Å²) in [7, 11) is 0. The Hall–Kier alpha value is -6.49. The van der Waals surface area contributed by atoms with E-state index in [1.54, 1.807) is 92.8 Å². The molecule has 0 radical (unpaired) electrons. The van der Waals surface area contributed by atoms with E-state index in [4.69, 9.17) is 72.0 Å². The minimum atomic E-state index is -2.36. The Labute approximate surface area is 704 Å². The Kier molecular flexibility index (Phi) is 59.3. The largest absolute Gasteiger partial charge is 0.462 e. The first-order valence-corrected chi connectivity index (χ1v) is 41.5. The highest BCUT2D eigenvalue weighted by molar-refractivity contribution is 5.80. The average molecular weight is 1720 g/mol. The number of ether oxygens (including phenoxy) is 14. The number of nitrogens with one attached hydrogen (secondary N) is 6. The second-order valence-corrected chi connectivity index (χ2v) is 29.3. The molecule has 0 aliphatic carbocycles. The average Bonchev–Trinajstić information content (AvgIpc) is 0.778. The molecule has 3 rings (SSSR count). The molecule has 0 aromatic rings. The molecule has 38 nitrogen and oxygen atoms in total. The number of amides is 6. The number of fused-ring (bicyclic) bond motifs is 2. The molecular weight excluding hydrogens is 1580 g/mol. The summed E-state index contributed by atoms with van der Waals surface area (Å²) >= 11 is 0. The van der Waals surface area contributed by atoms with Crippen molar-refractivity contribution in [2.75, 3.05) is 171 Å². The Balaban J connectivity index is 1.47. The van der Waals surface area contributed by atoms with Crippen LogP contribution >= 0.6 is 0 Å². The molecule has 6 amide bonds. The molecule has 0 saturated carbocycles. The number of hydrogen-bond acceptors (Lipinski definition) is 32. The second kappa shape index (κ2) is 66.1. The third-order valence-electron chi connectivity index (χ3n) is 19.0. The van der Waals surface area contributed by atoms with Gasteiger partial charge in [-0.25, -0.2) is 0 Å². The predicted molar refractivity (Wildman–Crippen MR) is 435 cm³/mol. The quantitative estimate of drug-likeness (QED) is 0.0225. The first-order chi connectivity index (χ1) is 57.7. The number of unbranched alkanes of at least 4 members (excludes halogenated alkanes) is 2. The van der Waals surface area contributed by atoms with Crippen molar-refractivity contribution in [3.63, 3.8) is 0 Å². The molecule has 120 heavy (non-hydrogen) atoms. The summed E-state index contributed by atoms with van der Waals surface area (Å²) in [4.78, 5) is 88.4. The fraction of sp³-hybridized carbons (Fsp3) is 0.744. The summed E-state index contributed by atoms with van der Waals surface area (Å²) in [5.74, 6) is -8.01. The third kappa shape index (κ3) is 50.3. The van der Waals surface area contributed by atoms with Crippen LogP contribution in [0.5, 0.6) is 0 Å². The fourth-order valence-corrected chi connectivity index (χ4v) is 12.3. The van der Waals surface area contributed by atoms with Gasteiger partial charge in [-0.3, -0.25) is 33.6 Å². The van der Waals surface area contributed by atoms with Gasteiger partial charge in [0.1, 0.15) is 51.3 Å². The van der Waals surface area contributed by atoms with E-state index in [0.29, 0.717) is 32.7 Å². The summed E-state index contributed by atoms with van der Waals surface area (Å²) in [5.41, 5.74) is 5.33. The molecule has 3 heterocycles. The van der Waals surface area contributed by atoms with Gasteiger partial charge >= 0.3 is 5.97 Å². The third-order valence-corrected chi connectivity index (χ3v) is 19.0. The molecule has 2 fully saturated rings. The highest BCUT2D eigenvalue weighted by Crippen LogP contribution is 2.38. The Bertz CT molecular complexity index is 3030. The maximum absolute atomic E-state index is 14.1. The van der Waals surface area contributed by atoms with Crippen molar-refractivity contribution >= 4 is 41.4 Å². The Morgan fingerprint density at radius 2 is 0.908 bits per heavy atom. The van der Waals surface area contributed by atoms with E-state index in [-0.39, 0.29) is 188 Å². The first kappa shape index (κ1) is 108. The molecule has 2 bridgehead atoms. The van der Waals surface area contributed by atoms with E-state index < -0.39 is 165 Å². The number of carbonyl (C=O) groups excluding carboxylic acids is 7. The van der Waals surface area contributed by atoms with Crippen molar-refractivity contribution in [2.24, 2.45) is 23.5 Å². The van der Waals surface area contributed by atoms with E-state index in [9.17, 15) is 84.6 Å². The van der Waals surface area contributed by atoms with Crippen LogP contribution in [0.4, 0.5) is 0 Å². The van der Waals surface area contributed by atoms with Crippen molar-refractivity contribution in [3.05, 3.63) is 85.1 Å². The molecule has 3 aliphatic heterocycles. The standard InChI is InChI=1S/C82H139N7O31/c1-6-7-20-26-88-80(105)75-67(95)51-82(106)50-63(92)47-66(94)65(93)24-23-61(90)46-62(91)48-74(101)117-59(4)58(3)77(102)57(2)21-18-16-14-12-10-8-9-11-13-15-17-19-22-64(49-68(75)120-82)119-81-79(104)76(78(103)60(5)118-81)89-73(100)56-116-45-40-111-35-30-87-72(99)55-115-44-39-110-34-29-86-71(98)54-114-43-38-109-33-28-85-70(97)53-113-42-37-108-32-27-84-69(96)52-112-41-36-107-31-25-83/h8-19,21-22,57-68,75-79,81,90-95,102-104,106H,6-7,20,23-56,83H2,1-5H3,(H,84,96)(H,85,97)(H,86,98)(H,87,99)(H,88,105)(H,89,100)/b9-8+,12-10+,13-11+,16-14+,17-15+,21-18+,22-19+/t57-,58+,59+,60+,61+,62+,63-,64-,65+,66+,67-,68-,75+,76-,77+,78+,79-,81-,82+/m0/s1. The maximum atomic E-state index is 14.1. The second-order valence-electron chi connectivity index (χ2n) is 29.3. The van der Waals surface area contributed by atoms with Crippen molar-refractivity contribution in [3.8, 4) is 0 Å². The van der Waals surface area contributed by atoms with Crippen LogP contribution in [-0.2, 0) is 99.9 Å². The van der Waals surface area contributed by atoms with E-state index in [0.717, 1.165) is 12.8 Å².